The van der Waals surface area contributed by atoms with E-state index in [2.05, 4.69) is 9.97 Å². The fourth-order valence-electron chi connectivity index (χ4n) is 1.33. The molecule has 0 atom stereocenters. The van der Waals surface area contributed by atoms with E-state index in [4.69, 9.17) is 5.11 Å². The second-order valence-electron chi connectivity index (χ2n) is 2.96. The normalized spacial score (nSPS) is 9.87. The van der Waals surface area contributed by atoms with E-state index in [1.807, 2.05) is 30.3 Å². The van der Waals surface area contributed by atoms with Gasteiger partial charge < -0.3 is 5.11 Å². The van der Waals surface area contributed by atoms with Crippen LogP contribution in [0.4, 0.5) is 0 Å². The molecule has 0 saturated heterocycles. The first kappa shape index (κ1) is 9.33. The summed E-state index contributed by atoms with van der Waals surface area (Å²) in [6.45, 7) is 0. The van der Waals surface area contributed by atoms with Crippen LogP contribution < -0.4 is 0 Å². The van der Waals surface area contributed by atoms with Gasteiger partial charge in [0.2, 0.25) is 0 Å². The van der Waals surface area contributed by atoms with E-state index in [0.717, 1.165) is 5.56 Å². The summed E-state index contributed by atoms with van der Waals surface area (Å²) in [5.74, 6) is -1.05. The van der Waals surface area contributed by atoms with E-state index in [-0.39, 0.29) is 5.69 Å². The molecule has 0 radical (unpaired) electrons. The van der Waals surface area contributed by atoms with Gasteiger partial charge in [-0.05, 0) is 5.56 Å². The Balaban J connectivity index is 2.58. The van der Waals surface area contributed by atoms with E-state index < -0.39 is 5.97 Å². The zero-order valence-corrected chi connectivity index (χ0v) is 7.79. The van der Waals surface area contributed by atoms with Crippen LogP contribution in [0.25, 0.3) is 11.1 Å². The van der Waals surface area contributed by atoms with Crippen molar-refractivity contribution in [2.45, 2.75) is 0 Å². The Kier molecular flexibility index (Phi) is 2.41. The summed E-state index contributed by atoms with van der Waals surface area (Å²) in [5.41, 5.74) is 1.36. The average Bonchev–Trinajstić information content (AvgIpc) is 2.30. The molecular weight excluding hydrogens is 192 g/mol. The van der Waals surface area contributed by atoms with Crippen LogP contribution in [-0.2, 0) is 0 Å². The quantitative estimate of drug-likeness (QED) is 0.803. The van der Waals surface area contributed by atoms with Gasteiger partial charge in [0.25, 0.3) is 0 Å². The first-order valence-corrected chi connectivity index (χ1v) is 4.38. The number of hydrogen-bond acceptors (Lipinski definition) is 3. The fraction of sp³-hybridized carbons (Fsp3) is 0. The first-order valence-electron chi connectivity index (χ1n) is 4.38. The number of hydrogen-bond donors (Lipinski definition) is 1. The van der Waals surface area contributed by atoms with Crippen LogP contribution in [-0.4, -0.2) is 21.0 Å². The Labute approximate surface area is 86.2 Å². The molecule has 2 aromatic rings. The smallest absolute Gasteiger partial charge is 0.355 e. The van der Waals surface area contributed by atoms with Crippen LogP contribution >= 0.6 is 0 Å². The molecule has 0 aliphatic heterocycles. The van der Waals surface area contributed by atoms with E-state index in [0.29, 0.717) is 5.56 Å². The maximum atomic E-state index is 10.9. The third-order valence-corrected chi connectivity index (χ3v) is 2.00. The Morgan fingerprint density at radius 1 is 1.20 bits per heavy atom. The highest BCUT2D eigenvalue weighted by Gasteiger charge is 2.12. The Morgan fingerprint density at radius 3 is 2.60 bits per heavy atom. The van der Waals surface area contributed by atoms with Crippen molar-refractivity contribution in [1.82, 2.24) is 9.97 Å². The summed E-state index contributed by atoms with van der Waals surface area (Å²) in [6, 6.07) is 9.20. The number of aromatic nitrogens is 2. The van der Waals surface area contributed by atoms with Crippen molar-refractivity contribution in [2.24, 2.45) is 0 Å². The van der Waals surface area contributed by atoms with Gasteiger partial charge >= 0.3 is 5.97 Å². The van der Waals surface area contributed by atoms with Crippen molar-refractivity contribution >= 4 is 5.97 Å². The van der Waals surface area contributed by atoms with E-state index in [1.54, 1.807) is 0 Å². The topological polar surface area (TPSA) is 63.1 Å². The molecule has 0 aliphatic carbocycles. The molecule has 1 N–H and O–H groups in total. The van der Waals surface area contributed by atoms with E-state index in [1.165, 1.54) is 12.5 Å². The molecule has 0 saturated carbocycles. The Hall–Kier alpha value is -2.23. The zero-order chi connectivity index (χ0) is 10.7. The summed E-state index contributed by atoms with van der Waals surface area (Å²) in [4.78, 5) is 18.5. The van der Waals surface area contributed by atoms with Gasteiger partial charge in [-0.2, -0.15) is 0 Å². The molecule has 0 bridgehead atoms. The van der Waals surface area contributed by atoms with Crippen LogP contribution in [0.1, 0.15) is 10.5 Å². The fourth-order valence-corrected chi connectivity index (χ4v) is 1.33. The minimum absolute atomic E-state index is 0.0243. The minimum Gasteiger partial charge on any atom is -0.476 e. The zero-order valence-electron chi connectivity index (χ0n) is 7.79. The highest BCUT2D eigenvalue weighted by atomic mass is 16.4. The molecule has 0 amide bonds. The van der Waals surface area contributed by atoms with Crippen LogP contribution in [0.3, 0.4) is 0 Å². The van der Waals surface area contributed by atoms with Crippen molar-refractivity contribution in [3.05, 3.63) is 48.5 Å². The molecule has 0 spiro atoms. The minimum atomic E-state index is -1.05. The summed E-state index contributed by atoms with van der Waals surface area (Å²) in [6.07, 6.45) is 2.74. The standard InChI is InChI=1S/C11H8N2O2/c14-11(15)10-9(6-12-7-13-10)8-4-2-1-3-5-8/h1-7H,(H,14,15). The molecular formula is C11H8N2O2. The van der Waals surface area contributed by atoms with Gasteiger partial charge in [0.15, 0.2) is 5.69 Å². The molecule has 4 nitrogen and oxygen atoms in total. The number of nitrogens with zero attached hydrogens (tertiary/aromatic N) is 2. The molecule has 0 fully saturated rings. The summed E-state index contributed by atoms with van der Waals surface area (Å²) in [5, 5.41) is 8.94. The second kappa shape index (κ2) is 3.88. The van der Waals surface area contributed by atoms with Gasteiger partial charge in [0.1, 0.15) is 6.33 Å². The molecule has 15 heavy (non-hydrogen) atoms. The molecule has 1 aromatic carbocycles. The lowest BCUT2D eigenvalue weighted by Crippen LogP contribution is -2.03. The SMILES string of the molecule is O=C(O)c1ncncc1-c1ccccc1. The largest absolute Gasteiger partial charge is 0.476 e. The van der Waals surface area contributed by atoms with Crippen LogP contribution in [0.2, 0.25) is 0 Å². The van der Waals surface area contributed by atoms with Crippen molar-refractivity contribution in [3.8, 4) is 11.1 Å². The molecule has 0 aliphatic rings. The van der Waals surface area contributed by atoms with Gasteiger partial charge in [-0.3, -0.25) is 0 Å². The average molecular weight is 200 g/mol. The van der Waals surface area contributed by atoms with Crippen LogP contribution in [0.15, 0.2) is 42.9 Å². The first-order chi connectivity index (χ1) is 7.29. The van der Waals surface area contributed by atoms with Crippen LogP contribution in [0, 0.1) is 0 Å². The summed E-state index contributed by atoms with van der Waals surface area (Å²) < 4.78 is 0. The van der Waals surface area contributed by atoms with Crippen LogP contribution in [0.5, 0.6) is 0 Å². The predicted molar refractivity (Wildman–Crippen MR) is 54.4 cm³/mol. The number of carboxylic acid groups (broad SMARTS) is 1. The Morgan fingerprint density at radius 2 is 1.93 bits per heavy atom. The molecule has 1 aromatic heterocycles. The second-order valence-corrected chi connectivity index (χ2v) is 2.96. The van der Waals surface area contributed by atoms with E-state index >= 15 is 0 Å². The number of benzene rings is 1. The molecule has 0 unspecified atom stereocenters. The molecule has 74 valence electrons. The molecule has 2 rings (SSSR count). The number of rotatable bonds is 2. The van der Waals surface area contributed by atoms with Gasteiger partial charge in [-0.1, -0.05) is 30.3 Å². The lowest BCUT2D eigenvalue weighted by atomic mass is 10.1. The maximum Gasteiger partial charge on any atom is 0.355 e. The van der Waals surface area contributed by atoms with Crippen molar-refractivity contribution in [1.29, 1.82) is 0 Å². The Bertz CT molecular complexity index is 483. The number of carboxylic acids is 1. The number of aromatic carboxylic acids is 1. The lowest BCUT2D eigenvalue weighted by molar-refractivity contribution is 0.0691. The van der Waals surface area contributed by atoms with Crippen molar-refractivity contribution < 1.29 is 9.90 Å². The number of carbonyl (C=O) groups is 1. The van der Waals surface area contributed by atoms with Crippen molar-refractivity contribution in [3.63, 3.8) is 0 Å². The summed E-state index contributed by atoms with van der Waals surface area (Å²) >= 11 is 0. The predicted octanol–water partition coefficient (Wildman–Crippen LogP) is 1.84. The molecule has 4 heteroatoms. The third-order valence-electron chi connectivity index (χ3n) is 2.00. The highest BCUT2D eigenvalue weighted by molar-refractivity contribution is 5.93. The van der Waals surface area contributed by atoms with Gasteiger partial charge in [-0.25, -0.2) is 14.8 Å². The maximum absolute atomic E-state index is 10.9. The van der Waals surface area contributed by atoms with Gasteiger partial charge in [0.05, 0.1) is 0 Å². The van der Waals surface area contributed by atoms with Crippen molar-refractivity contribution in [2.75, 3.05) is 0 Å². The summed E-state index contributed by atoms with van der Waals surface area (Å²) in [7, 11) is 0. The highest BCUT2D eigenvalue weighted by Crippen LogP contribution is 2.20. The van der Waals surface area contributed by atoms with Gasteiger partial charge in [-0.15, -0.1) is 0 Å². The van der Waals surface area contributed by atoms with Gasteiger partial charge in [0, 0.05) is 11.8 Å². The third kappa shape index (κ3) is 1.83. The molecule has 1 heterocycles. The van der Waals surface area contributed by atoms with E-state index in [9.17, 15) is 4.79 Å². The lowest BCUT2D eigenvalue weighted by Gasteiger charge is -2.03. The monoisotopic (exact) mass is 200 g/mol.